The van der Waals surface area contributed by atoms with Crippen molar-refractivity contribution in [1.82, 2.24) is 5.32 Å². The van der Waals surface area contributed by atoms with Gasteiger partial charge in [-0.25, -0.2) is 0 Å². The van der Waals surface area contributed by atoms with E-state index in [0.29, 0.717) is 0 Å². The molecule has 0 aliphatic rings. The zero-order valence-electron chi connectivity index (χ0n) is 13.7. The van der Waals surface area contributed by atoms with Gasteiger partial charge in [0.1, 0.15) is 0 Å². The highest BCUT2D eigenvalue weighted by atomic mass is 16.5. The number of hydrogen-bond acceptors (Lipinski definition) is 3. The van der Waals surface area contributed by atoms with Gasteiger partial charge < -0.3 is 15.5 Å². The van der Waals surface area contributed by atoms with E-state index >= 15 is 0 Å². The summed E-state index contributed by atoms with van der Waals surface area (Å²) in [6.45, 7) is 4.95. The van der Waals surface area contributed by atoms with E-state index in [2.05, 4.69) is 12.2 Å². The fraction of sp³-hybridized carbons (Fsp3) is 1.00. The standard InChI is InChI=1S/C17H37NO2/c1-3-4-5-6-7-8-9-10-11-12-13-14-15-18-16(2)17(19)20/h16-20H,3-15H2,1-2H3. The fourth-order valence-electron chi connectivity index (χ4n) is 2.40. The van der Waals surface area contributed by atoms with Gasteiger partial charge >= 0.3 is 0 Å². The molecule has 0 aromatic heterocycles. The zero-order valence-corrected chi connectivity index (χ0v) is 13.7. The first-order valence-corrected chi connectivity index (χ1v) is 8.78. The Hall–Kier alpha value is -0.120. The van der Waals surface area contributed by atoms with Crippen LogP contribution in [0.5, 0.6) is 0 Å². The SMILES string of the molecule is CCCCCCCCCCCCCCNC(C)C(O)O. The molecule has 122 valence electrons. The molecule has 0 saturated heterocycles. The van der Waals surface area contributed by atoms with Gasteiger partial charge in [-0.15, -0.1) is 0 Å². The Morgan fingerprint density at radius 2 is 1.10 bits per heavy atom. The molecule has 0 heterocycles. The summed E-state index contributed by atoms with van der Waals surface area (Å²) in [7, 11) is 0. The summed E-state index contributed by atoms with van der Waals surface area (Å²) in [6.07, 6.45) is 15.0. The van der Waals surface area contributed by atoms with Crippen LogP contribution in [0.2, 0.25) is 0 Å². The van der Waals surface area contributed by atoms with E-state index in [1.165, 1.54) is 70.6 Å². The van der Waals surface area contributed by atoms with Crippen molar-refractivity contribution in [2.24, 2.45) is 0 Å². The maximum atomic E-state index is 8.91. The summed E-state index contributed by atoms with van der Waals surface area (Å²) in [6, 6.07) is -0.220. The number of aliphatic hydroxyl groups excluding tert-OH is 1. The second-order valence-corrected chi connectivity index (χ2v) is 6.05. The number of rotatable bonds is 15. The van der Waals surface area contributed by atoms with Crippen LogP contribution >= 0.6 is 0 Å². The van der Waals surface area contributed by atoms with E-state index in [1.54, 1.807) is 6.92 Å². The third-order valence-electron chi connectivity index (χ3n) is 3.94. The first-order valence-electron chi connectivity index (χ1n) is 8.78. The third kappa shape index (κ3) is 14.3. The number of aliphatic hydroxyl groups is 2. The predicted octanol–water partition coefficient (Wildman–Crippen LogP) is 3.98. The van der Waals surface area contributed by atoms with Gasteiger partial charge in [-0.3, -0.25) is 0 Å². The molecular formula is C17H37NO2. The van der Waals surface area contributed by atoms with Crippen molar-refractivity contribution in [3.8, 4) is 0 Å². The highest BCUT2D eigenvalue weighted by Crippen LogP contribution is 2.11. The molecule has 0 aromatic carbocycles. The molecule has 0 rings (SSSR count). The minimum atomic E-state index is -1.24. The molecule has 3 N–H and O–H groups in total. The zero-order chi connectivity index (χ0) is 15.1. The molecule has 20 heavy (non-hydrogen) atoms. The van der Waals surface area contributed by atoms with Crippen molar-refractivity contribution in [3.05, 3.63) is 0 Å². The minimum absolute atomic E-state index is 0.220. The highest BCUT2D eigenvalue weighted by molar-refractivity contribution is 4.61. The van der Waals surface area contributed by atoms with Crippen LogP contribution in [-0.4, -0.2) is 29.1 Å². The van der Waals surface area contributed by atoms with Crippen LogP contribution < -0.4 is 5.32 Å². The average Bonchev–Trinajstić information content (AvgIpc) is 2.43. The van der Waals surface area contributed by atoms with E-state index in [1.807, 2.05) is 0 Å². The number of unbranched alkanes of at least 4 members (excludes halogenated alkanes) is 11. The van der Waals surface area contributed by atoms with Crippen LogP contribution in [0.15, 0.2) is 0 Å². The van der Waals surface area contributed by atoms with E-state index in [4.69, 9.17) is 10.2 Å². The van der Waals surface area contributed by atoms with Gasteiger partial charge in [-0.1, -0.05) is 77.6 Å². The molecule has 0 spiro atoms. The van der Waals surface area contributed by atoms with Crippen molar-refractivity contribution in [1.29, 1.82) is 0 Å². The average molecular weight is 287 g/mol. The first kappa shape index (κ1) is 19.9. The van der Waals surface area contributed by atoms with E-state index in [9.17, 15) is 0 Å². The Morgan fingerprint density at radius 3 is 1.50 bits per heavy atom. The van der Waals surface area contributed by atoms with Crippen LogP contribution in [0.4, 0.5) is 0 Å². The maximum absolute atomic E-state index is 8.91. The second kappa shape index (κ2) is 15.3. The minimum Gasteiger partial charge on any atom is -0.367 e. The van der Waals surface area contributed by atoms with Gasteiger partial charge in [0.15, 0.2) is 6.29 Å². The Balaban J connectivity index is 3.03. The molecule has 0 bridgehead atoms. The summed E-state index contributed by atoms with van der Waals surface area (Å²) >= 11 is 0. The Bertz CT molecular complexity index is 186. The van der Waals surface area contributed by atoms with Crippen LogP contribution in [0.25, 0.3) is 0 Å². The van der Waals surface area contributed by atoms with Crippen LogP contribution in [0, 0.1) is 0 Å². The smallest absolute Gasteiger partial charge is 0.166 e. The molecule has 0 aliphatic carbocycles. The van der Waals surface area contributed by atoms with Crippen molar-refractivity contribution >= 4 is 0 Å². The summed E-state index contributed by atoms with van der Waals surface area (Å²) in [5.41, 5.74) is 0. The summed E-state index contributed by atoms with van der Waals surface area (Å²) < 4.78 is 0. The molecule has 0 fully saturated rings. The molecule has 3 heteroatoms. The van der Waals surface area contributed by atoms with Crippen LogP contribution in [0.3, 0.4) is 0 Å². The summed E-state index contributed by atoms with van der Waals surface area (Å²) in [5, 5.41) is 20.9. The molecule has 3 nitrogen and oxygen atoms in total. The second-order valence-electron chi connectivity index (χ2n) is 6.05. The maximum Gasteiger partial charge on any atom is 0.166 e. The number of hydrogen-bond donors (Lipinski definition) is 3. The van der Waals surface area contributed by atoms with E-state index in [0.717, 1.165) is 13.0 Å². The van der Waals surface area contributed by atoms with Gasteiger partial charge in [-0.05, 0) is 19.9 Å². The monoisotopic (exact) mass is 287 g/mol. The molecule has 0 saturated carbocycles. The Labute approximate surface area is 126 Å². The summed E-state index contributed by atoms with van der Waals surface area (Å²) in [5.74, 6) is 0. The van der Waals surface area contributed by atoms with Gasteiger partial charge in [-0.2, -0.15) is 0 Å². The van der Waals surface area contributed by atoms with Gasteiger partial charge in [0.2, 0.25) is 0 Å². The third-order valence-corrected chi connectivity index (χ3v) is 3.94. The van der Waals surface area contributed by atoms with Crippen LogP contribution in [-0.2, 0) is 0 Å². The lowest BCUT2D eigenvalue weighted by Crippen LogP contribution is -2.37. The Morgan fingerprint density at radius 1 is 0.700 bits per heavy atom. The summed E-state index contributed by atoms with van der Waals surface area (Å²) in [4.78, 5) is 0. The topological polar surface area (TPSA) is 52.5 Å². The van der Waals surface area contributed by atoms with Crippen molar-refractivity contribution in [2.75, 3.05) is 6.54 Å². The molecule has 0 radical (unpaired) electrons. The largest absolute Gasteiger partial charge is 0.367 e. The van der Waals surface area contributed by atoms with Gasteiger partial charge in [0, 0.05) is 0 Å². The lowest BCUT2D eigenvalue weighted by atomic mass is 10.1. The van der Waals surface area contributed by atoms with Crippen LogP contribution in [0.1, 0.15) is 90.9 Å². The van der Waals surface area contributed by atoms with Crippen molar-refractivity contribution < 1.29 is 10.2 Å². The number of nitrogens with one attached hydrogen (secondary N) is 1. The lowest BCUT2D eigenvalue weighted by molar-refractivity contribution is -0.0623. The normalized spacial score (nSPS) is 13.1. The quantitative estimate of drug-likeness (QED) is 0.315. The highest BCUT2D eigenvalue weighted by Gasteiger charge is 2.07. The first-order chi connectivity index (χ1) is 9.68. The fourth-order valence-corrected chi connectivity index (χ4v) is 2.40. The molecule has 0 amide bonds. The Kier molecular flexibility index (Phi) is 15.2. The molecular weight excluding hydrogens is 250 g/mol. The van der Waals surface area contributed by atoms with Crippen molar-refractivity contribution in [3.63, 3.8) is 0 Å². The van der Waals surface area contributed by atoms with Crippen molar-refractivity contribution in [2.45, 2.75) is 103 Å². The molecule has 1 atom stereocenters. The molecule has 0 aliphatic heterocycles. The van der Waals surface area contributed by atoms with Gasteiger partial charge in [0.05, 0.1) is 6.04 Å². The predicted molar refractivity (Wildman–Crippen MR) is 86.8 cm³/mol. The van der Waals surface area contributed by atoms with Gasteiger partial charge in [0.25, 0.3) is 0 Å². The lowest BCUT2D eigenvalue weighted by Gasteiger charge is -2.15. The van der Waals surface area contributed by atoms with E-state index in [-0.39, 0.29) is 6.04 Å². The molecule has 0 aromatic rings. The van der Waals surface area contributed by atoms with E-state index < -0.39 is 6.29 Å². The molecule has 1 unspecified atom stereocenters.